The maximum Gasteiger partial charge on any atom is -0.0208 e. The molecular formula is C16H32. The second-order valence-corrected chi connectivity index (χ2v) is 5.70. The minimum Gasteiger partial charge on any atom is -0.0851 e. The molecule has 0 rings (SSSR count). The standard InChI is InChI=1S/C16H32/c1-7-9-11-16(15(6)13(3)4)12-14(5)10-8-2/h11,13-15H,7-10,12H2,1-6H3. The molecule has 0 heteroatoms. The first-order valence-electron chi connectivity index (χ1n) is 7.21. The van der Waals surface area contributed by atoms with Crippen LogP contribution in [0.25, 0.3) is 0 Å². The van der Waals surface area contributed by atoms with Crippen molar-refractivity contribution < 1.29 is 0 Å². The van der Waals surface area contributed by atoms with Gasteiger partial charge in [-0.3, -0.25) is 0 Å². The van der Waals surface area contributed by atoms with Crippen molar-refractivity contribution in [3.05, 3.63) is 11.6 Å². The number of allylic oxidation sites excluding steroid dienone is 2. The Morgan fingerprint density at radius 1 is 1.00 bits per heavy atom. The summed E-state index contributed by atoms with van der Waals surface area (Å²) < 4.78 is 0. The lowest BCUT2D eigenvalue weighted by Gasteiger charge is -2.23. The molecule has 0 bridgehead atoms. The molecule has 0 saturated carbocycles. The van der Waals surface area contributed by atoms with Gasteiger partial charge < -0.3 is 0 Å². The fraction of sp³-hybridized carbons (Fsp3) is 0.875. The Kier molecular flexibility index (Phi) is 8.70. The molecular weight excluding hydrogens is 192 g/mol. The van der Waals surface area contributed by atoms with Gasteiger partial charge in [0.05, 0.1) is 0 Å². The zero-order valence-corrected chi connectivity index (χ0v) is 12.3. The van der Waals surface area contributed by atoms with E-state index in [9.17, 15) is 0 Å². The topological polar surface area (TPSA) is 0 Å². The quantitative estimate of drug-likeness (QED) is 0.455. The molecule has 2 atom stereocenters. The van der Waals surface area contributed by atoms with E-state index in [0.717, 1.165) is 17.8 Å². The van der Waals surface area contributed by atoms with Gasteiger partial charge in [-0.15, -0.1) is 0 Å². The van der Waals surface area contributed by atoms with Gasteiger partial charge in [-0.05, 0) is 30.6 Å². The number of unbranched alkanes of at least 4 members (excludes halogenated alkanes) is 1. The summed E-state index contributed by atoms with van der Waals surface area (Å²) in [6, 6.07) is 0. The van der Waals surface area contributed by atoms with E-state index in [-0.39, 0.29) is 0 Å². The van der Waals surface area contributed by atoms with Gasteiger partial charge in [0.15, 0.2) is 0 Å². The molecule has 96 valence electrons. The third-order valence-corrected chi connectivity index (χ3v) is 3.65. The monoisotopic (exact) mass is 224 g/mol. The van der Waals surface area contributed by atoms with Gasteiger partial charge in [0.2, 0.25) is 0 Å². The fourth-order valence-corrected chi connectivity index (χ4v) is 2.21. The van der Waals surface area contributed by atoms with E-state index in [0.29, 0.717) is 0 Å². The first-order chi connectivity index (χ1) is 7.52. The maximum atomic E-state index is 2.51. The molecule has 0 heterocycles. The van der Waals surface area contributed by atoms with Crippen LogP contribution in [0.5, 0.6) is 0 Å². The predicted octanol–water partition coefficient (Wildman–Crippen LogP) is 5.83. The lowest BCUT2D eigenvalue weighted by Crippen LogP contribution is -2.10. The van der Waals surface area contributed by atoms with Crippen LogP contribution in [-0.4, -0.2) is 0 Å². The van der Waals surface area contributed by atoms with Crippen molar-refractivity contribution in [2.75, 3.05) is 0 Å². The van der Waals surface area contributed by atoms with Crippen LogP contribution in [0.15, 0.2) is 11.6 Å². The second kappa shape index (κ2) is 8.84. The van der Waals surface area contributed by atoms with Gasteiger partial charge in [-0.25, -0.2) is 0 Å². The van der Waals surface area contributed by atoms with Crippen molar-refractivity contribution in [1.29, 1.82) is 0 Å². The molecule has 16 heavy (non-hydrogen) atoms. The summed E-state index contributed by atoms with van der Waals surface area (Å²) in [4.78, 5) is 0. The molecule has 0 aliphatic heterocycles. The van der Waals surface area contributed by atoms with Gasteiger partial charge in [0, 0.05) is 0 Å². The van der Waals surface area contributed by atoms with Crippen molar-refractivity contribution in [2.24, 2.45) is 17.8 Å². The molecule has 0 aromatic heterocycles. The van der Waals surface area contributed by atoms with E-state index in [1.165, 1.54) is 32.1 Å². The molecule has 0 aromatic carbocycles. The second-order valence-electron chi connectivity index (χ2n) is 5.70. The number of hydrogen-bond acceptors (Lipinski definition) is 0. The summed E-state index contributed by atoms with van der Waals surface area (Å²) in [6.07, 6.45) is 9.04. The highest BCUT2D eigenvalue weighted by molar-refractivity contribution is 5.07. The van der Waals surface area contributed by atoms with Crippen LogP contribution in [-0.2, 0) is 0 Å². The molecule has 0 spiro atoms. The average molecular weight is 224 g/mol. The molecule has 0 radical (unpaired) electrons. The molecule has 0 N–H and O–H groups in total. The first-order valence-corrected chi connectivity index (χ1v) is 7.21. The highest BCUT2D eigenvalue weighted by atomic mass is 14.2. The van der Waals surface area contributed by atoms with Gasteiger partial charge >= 0.3 is 0 Å². The Balaban J connectivity index is 4.42. The summed E-state index contributed by atoms with van der Waals surface area (Å²) in [5, 5.41) is 0. The van der Waals surface area contributed by atoms with Crippen molar-refractivity contribution in [1.82, 2.24) is 0 Å². The zero-order chi connectivity index (χ0) is 12.6. The Hall–Kier alpha value is -0.260. The minimum absolute atomic E-state index is 0.755. The molecule has 0 amide bonds. The molecule has 0 aliphatic carbocycles. The Labute approximate surface area is 104 Å². The minimum atomic E-state index is 0.755. The summed E-state index contributed by atoms with van der Waals surface area (Å²) in [5.74, 6) is 2.39. The molecule has 0 fully saturated rings. The van der Waals surface area contributed by atoms with Crippen LogP contribution >= 0.6 is 0 Å². The average Bonchev–Trinajstić information content (AvgIpc) is 2.23. The third-order valence-electron chi connectivity index (χ3n) is 3.65. The Bertz CT molecular complexity index is 188. The smallest absolute Gasteiger partial charge is 0.0208 e. The van der Waals surface area contributed by atoms with Crippen LogP contribution in [0.3, 0.4) is 0 Å². The van der Waals surface area contributed by atoms with Gasteiger partial charge in [0.25, 0.3) is 0 Å². The molecule has 2 unspecified atom stereocenters. The normalized spacial score (nSPS) is 16.6. The first kappa shape index (κ1) is 15.7. The number of rotatable bonds is 8. The van der Waals surface area contributed by atoms with Crippen LogP contribution in [0.2, 0.25) is 0 Å². The van der Waals surface area contributed by atoms with Crippen molar-refractivity contribution in [3.63, 3.8) is 0 Å². The highest BCUT2D eigenvalue weighted by Gasteiger charge is 2.14. The van der Waals surface area contributed by atoms with Gasteiger partial charge in [-0.1, -0.05) is 72.5 Å². The van der Waals surface area contributed by atoms with Crippen LogP contribution in [0.4, 0.5) is 0 Å². The maximum absolute atomic E-state index is 2.51. The lowest BCUT2D eigenvalue weighted by molar-refractivity contribution is 0.426. The van der Waals surface area contributed by atoms with E-state index >= 15 is 0 Å². The summed E-state index contributed by atoms with van der Waals surface area (Å²) >= 11 is 0. The largest absolute Gasteiger partial charge is 0.0851 e. The van der Waals surface area contributed by atoms with E-state index < -0.39 is 0 Å². The van der Waals surface area contributed by atoms with Crippen LogP contribution in [0.1, 0.15) is 73.6 Å². The molecule has 0 nitrogen and oxygen atoms in total. The van der Waals surface area contributed by atoms with Crippen LogP contribution < -0.4 is 0 Å². The van der Waals surface area contributed by atoms with Crippen molar-refractivity contribution in [2.45, 2.75) is 73.6 Å². The summed E-state index contributed by atoms with van der Waals surface area (Å²) in [7, 11) is 0. The van der Waals surface area contributed by atoms with Crippen molar-refractivity contribution >= 4 is 0 Å². The van der Waals surface area contributed by atoms with Crippen LogP contribution in [0, 0.1) is 17.8 Å². The fourth-order valence-electron chi connectivity index (χ4n) is 2.21. The zero-order valence-electron chi connectivity index (χ0n) is 12.3. The SMILES string of the molecule is CCCC=C(CC(C)CCC)C(C)C(C)C. The Morgan fingerprint density at radius 3 is 2.06 bits per heavy atom. The van der Waals surface area contributed by atoms with Crippen molar-refractivity contribution in [3.8, 4) is 0 Å². The van der Waals surface area contributed by atoms with Gasteiger partial charge in [0.1, 0.15) is 0 Å². The lowest BCUT2D eigenvalue weighted by atomic mass is 9.83. The Morgan fingerprint density at radius 2 is 1.62 bits per heavy atom. The third kappa shape index (κ3) is 6.35. The number of hydrogen-bond donors (Lipinski definition) is 0. The summed E-state index contributed by atoms with van der Waals surface area (Å²) in [6.45, 7) is 14.0. The summed E-state index contributed by atoms with van der Waals surface area (Å²) in [5.41, 5.74) is 1.71. The van der Waals surface area contributed by atoms with E-state index in [2.05, 4.69) is 47.6 Å². The highest BCUT2D eigenvalue weighted by Crippen LogP contribution is 2.28. The van der Waals surface area contributed by atoms with E-state index in [1.54, 1.807) is 5.57 Å². The van der Waals surface area contributed by atoms with E-state index in [4.69, 9.17) is 0 Å². The predicted molar refractivity (Wildman–Crippen MR) is 75.7 cm³/mol. The molecule has 0 saturated heterocycles. The molecule has 0 aromatic rings. The van der Waals surface area contributed by atoms with E-state index in [1.807, 2.05) is 0 Å². The molecule has 0 aliphatic rings. The van der Waals surface area contributed by atoms with Gasteiger partial charge in [-0.2, -0.15) is 0 Å².